The van der Waals surface area contributed by atoms with Gasteiger partial charge in [0.15, 0.2) is 5.75 Å². The third kappa shape index (κ3) is 2.20. The van der Waals surface area contributed by atoms with E-state index < -0.39 is 0 Å². The first-order valence-corrected chi connectivity index (χ1v) is 5.79. The van der Waals surface area contributed by atoms with Gasteiger partial charge >= 0.3 is 0 Å². The van der Waals surface area contributed by atoms with Gasteiger partial charge in [0.2, 0.25) is 0 Å². The first-order valence-electron chi connectivity index (χ1n) is 4.62. The van der Waals surface area contributed by atoms with Gasteiger partial charge < -0.3 is 4.74 Å². The molecule has 1 fully saturated rings. The summed E-state index contributed by atoms with van der Waals surface area (Å²) in [5.74, 6) is 1.43. The van der Waals surface area contributed by atoms with Crippen LogP contribution in [0.1, 0.15) is 18.4 Å². The largest absolute Gasteiger partial charge is 0.490 e. The minimum absolute atomic E-state index is 0.660. The fourth-order valence-electron chi connectivity index (χ4n) is 1.14. The highest BCUT2D eigenvalue weighted by Gasteiger charge is 2.22. The molecule has 0 radical (unpaired) electrons. The van der Waals surface area contributed by atoms with Crippen LogP contribution in [0.25, 0.3) is 0 Å². The van der Waals surface area contributed by atoms with Gasteiger partial charge in [-0.05, 0) is 41.6 Å². The van der Waals surface area contributed by atoms with Crippen LogP contribution in [-0.2, 0) is 0 Å². The van der Waals surface area contributed by atoms with Gasteiger partial charge in [-0.15, -0.1) is 0 Å². The molecule has 0 unspecified atom stereocenters. The highest BCUT2D eigenvalue weighted by molar-refractivity contribution is 9.10. The molecule has 1 aromatic rings. The quantitative estimate of drug-likeness (QED) is 0.787. The molecule has 1 aliphatic rings. The standard InChI is InChI=1S/C10H11BrClNO/c1-6-9(12)8(4-13-10(6)11)14-5-7-2-3-7/h4,7H,2-3,5H2,1H3. The van der Waals surface area contributed by atoms with Crippen molar-refractivity contribution in [3.8, 4) is 5.75 Å². The van der Waals surface area contributed by atoms with E-state index in [2.05, 4.69) is 20.9 Å². The van der Waals surface area contributed by atoms with Gasteiger partial charge in [-0.25, -0.2) is 4.98 Å². The maximum absolute atomic E-state index is 6.11. The monoisotopic (exact) mass is 275 g/mol. The summed E-state index contributed by atoms with van der Waals surface area (Å²) in [7, 11) is 0. The first-order chi connectivity index (χ1) is 6.68. The molecule has 1 heterocycles. The second-order valence-corrected chi connectivity index (χ2v) is 4.74. The van der Waals surface area contributed by atoms with E-state index in [1.807, 2.05) is 6.92 Å². The Bertz CT molecular complexity index is 352. The van der Waals surface area contributed by atoms with Crippen molar-refractivity contribution in [3.05, 3.63) is 21.4 Å². The van der Waals surface area contributed by atoms with Crippen molar-refractivity contribution in [1.29, 1.82) is 0 Å². The topological polar surface area (TPSA) is 22.1 Å². The third-order valence-electron chi connectivity index (χ3n) is 2.32. The van der Waals surface area contributed by atoms with Crippen LogP contribution in [0.15, 0.2) is 10.8 Å². The third-order valence-corrected chi connectivity index (χ3v) is 3.59. The van der Waals surface area contributed by atoms with Gasteiger partial charge in [-0.3, -0.25) is 0 Å². The van der Waals surface area contributed by atoms with Crippen molar-refractivity contribution in [3.63, 3.8) is 0 Å². The van der Waals surface area contributed by atoms with Gasteiger partial charge in [0.25, 0.3) is 0 Å². The van der Waals surface area contributed by atoms with Crippen molar-refractivity contribution in [2.75, 3.05) is 6.61 Å². The smallest absolute Gasteiger partial charge is 0.156 e. The van der Waals surface area contributed by atoms with Gasteiger partial charge in [0, 0.05) is 5.56 Å². The van der Waals surface area contributed by atoms with Crippen LogP contribution in [0.2, 0.25) is 5.02 Å². The molecular formula is C10H11BrClNO. The Balaban J connectivity index is 2.11. The normalized spacial score (nSPS) is 15.6. The van der Waals surface area contributed by atoms with Crippen molar-refractivity contribution in [2.24, 2.45) is 5.92 Å². The lowest BCUT2D eigenvalue weighted by atomic mass is 10.3. The van der Waals surface area contributed by atoms with Crippen molar-refractivity contribution >= 4 is 27.5 Å². The second-order valence-electron chi connectivity index (χ2n) is 3.61. The number of hydrogen-bond donors (Lipinski definition) is 0. The number of ether oxygens (including phenoxy) is 1. The Morgan fingerprint density at radius 3 is 3.00 bits per heavy atom. The molecule has 0 bridgehead atoms. The van der Waals surface area contributed by atoms with Crippen LogP contribution >= 0.6 is 27.5 Å². The summed E-state index contributed by atoms with van der Waals surface area (Å²) in [4.78, 5) is 4.15. The number of halogens is 2. The molecule has 2 rings (SSSR count). The fraction of sp³-hybridized carbons (Fsp3) is 0.500. The van der Waals surface area contributed by atoms with Gasteiger partial charge in [0.05, 0.1) is 17.8 Å². The summed E-state index contributed by atoms with van der Waals surface area (Å²) >= 11 is 9.43. The molecule has 14 heavy (non-hydrogen) atoms. The van der Waals surface area contributed by atoms with Crippen molar-refractivity contribution < 1.29 is 4.74 Å². The van der Waals surface area contributed by atoms with E-state index in [4.69, 9.17) is 16.3 Å². The lowest BCUT2D eigenvalue weighted by Gasteiger charge is -2.09. The van der Waals surface area contributed by atoms with E-state index in [1.165, 1.54) is 12.8 Å². The Morgan fingerprint density at radius 1 is 1.64 bits per heavy atom. The predicted octanol–water partition coefficient (Wildman–Crippen LogP) is 3.59. The zero-order chi connectivity index (χ0) is 10.1. The van der Waals surface area contributed by atoms with Crippen LogP contribution < -0.4 is 4.74 Å². The lowest BCUT2D eigenvalue weighted by molar-refractivity contribution is 0.298. The van der Waals surface area contributed by atoms with E-state index in [0.717, 1.165) is 22.7 Å². The Hall–Kier alpha value is -0.280. The molecule has 0 saturated heterocycles. The maximum atomic E-state index is 6.11. The van der Waals surface area contributed by atoms with Crippen LogP contribution in [-0.4, -0.2) is 11.6 Å². The Kier molecular flexibility index (Phi) is 2.98. The molecule has 1 aliphatic carbocycles. The highest BCUT2D eigenvalue weighted by Crippen LogP contribution is 2.34. The first kappa shape index (κ1) is 10.2. The van der Waals surface area contributed by atoms with E-state index in [-0.39, 0.29) is 0 Å². The molecule has 76 valence electrons. The van der Waals surface area contributed by atoms with E-state index >= 15 is 0 Å². The zero-order valence-corrected chi connectivity index (χ0v) is 10.2. The van der Waals surface area contributed by atoms with Crippen LogP contribution in [0.4, 0.5) is 0 Å². The summed E-state index contributed by atoms with van der Waals surface area (Å²) < 4.78 is 6.36. The Morgan fingerprint density at radius 2 is 2.36 bits per heavy atom. The molecule has 4 heteroatoms. The molecule has 0 aromatic carbocycles. The van der Waals surface area contributed by atoms with Gasteiger partial charge in [-0.1, -0.05) is 11.6 Å². The van der Waals surface area contributed by atoms with Gasteiger partial charge in [-0.2, -0.15) is 0 Å². The number of aromatic nitrogens is 1. The summed E-state index contributed by atoms with van der Waals surface area (Å²) in [5, 5.41) is 0.660. The van der Waals surface area contributed by atoms with Crippen LogP contribution in [0.3, 0.4) is 0 Å². The zero-order valence-electron chi connectivity index (χ0n) is 7.89. The predicted molar refractivity (Wildman–Crippen MR) is 59.9 cm³/mol. The maximum Gasteiger partial charge on any atom is 0.156 e. The summed E-state index contributed by atoms with van der Waals surface area (Å²) in [6.45, 7) is 2.69. The molecule has 0 amide bonds. The molecular weight excluding hydrogens is 265 g/mol. The molecule has 1 aromatic heterocycles. The van der Waals surface area contributed by atoms with E-state index in [1.54, 1.807) is 6.20 Å². The lowest BCUT2D eigenvalue weighted by Crippen LogP contribution is -2.00. The molecule has 0 atom stereocenters. The average Bonchev–Trinajstić information content (AvgIpc) is 2.97. The van der Waals surface area contributed by atoms with E-state index in [0.29, 0.717) is 10.8 Å². The van der Waals surface area contributed by atoms with E-state index in [9.17, 15) is 0 Å². The molecule has 2 nitrogen and oxygen atoms in total. The molecule has 1 saturated carbocycles. The molecule has 0 aliphatic heterocycles. The molecule has 0 spiro atoms. The minimum Gasteiger partial charge on any atom is -0.490 e. The minimum atomic E-state index is 0.660. The summed E-state index contributed by atoms with van der Waals surface area (Å²) in [5.41, 5.74) is 0.931. The Labute approximate surface area is 96.8 Å². The summed E-state index contributed by atoms with van der Waals surface area (Å²) in [6, 6.07) is 0. The second kappa shape index (κ2) is 4.07. The number of rotatable bonds is 3. The number of nitrogens with zero attached hydrogens (tertiary/aromatic N) is 1. The van der Waals surface area contributed by atoms with Crippen LogP contribution in [0, 0.1) is 12.8 Å². The number of pyridine rings is 1. The highest BCUT2D eigenvalue weighted by atomic mass is 79.9. The number of hydrogen-bond acceptors (Lipinski definition) is 2. The van der Waals surface area contributed by atoms with Crippen molar-refractivity contribution in [2.45, 2.75) is 19.8 Å². The van der Waals surface area contributed by atoms with Crippen LogP contribution in [0.5, 0.6) is 5.75 Å². The van der Waals surface area contributed by atoms with Crippen molar-refractivity contribution in [1.82, 2.24) is 4.98 Å². The van der Waals surface area contributed by atoms with Gasteiger partial charge in [0.1, 0.15) is 4.60 Å². The average molecular weight is 277 g/mol. The fourth-order valence-corrected chi connectivity index (χ4v) is 1.74. The summed E-state index contributed by atoms with van der Waals surface area (Å²) in [6.07, 6.45) is 4.23. The SMILES string of the molecule is Cc1c(Br)ncc(OCC2CC2)c1Cl. The molecule has 0 N–H and O–H groups in total.